The molecule has 0 spiro atoms. The van der Waals surface area contributed by atoms with Gasteiger partial charge in [0.05, 0.1) is 52.9 Å². The fourth-order valence-electron chi connectivity index (χ4n) is 3.20. The Hall–Kier alpha value is -3.40. The van der Waals surface area contributed by atoms with Gasteiger partial charge in [-0.3, -0.25) is 33.7 Å². The third kappa shape index (κ3) is 15.9. The first-order chi connectivity index (χ1) is 19.1. The number of carboxylic acids is 1. The van der Waals surface area contributed by atoms with Crippen molar-refractivity contribution in [3.8, 4) is 0 Å². The third-order valence-electron chi connectivity index (χ3n) is 5.30. The topological polar surface area (TPSA) is 199 Å². The molecule has 0 fully saturated rings. The average molecular weight is 573 g/mol. The zero-order valence-electron chi connectivity index (χ0n) is 23.0. The van der Waals surface area contributed by atoms with E-state index in [1.54, 1.807) is 13.8 Å². The number of rotatable bonds is 23. The number of amides is 5. The number of hydrogen-bond acceptors (Lipinski definition) is 10. The second kappa shape index (κ2) is 20.5. The molecule has 0 aromatic heterocycles. The molecule has 0 saturated carbocycles. The van der Waals surface area contributed by atoms with Gasteiger partial charge in [0.2, 0.25) is 17.7 Å². The Kier molecular flexibility index (Phi) is 17.7. The quantitative estimate of drug-likeness (QED) is 0.0797. The van der Waals surface area contributed by atoms with Crippen molar-refractivity contribution in [1.82, 2.24) is 20.9 Å². The fourth-order valence-corrected chi connectivity index (χ4v) is 3.20. The van der Waals surface area contributed by atoms with Crippen LogP contribution in [0.5, 0.6) is 0 Å². The molecule has 0 radical (unpaired) electrons. The molecule has 1 aliphatic heterocycles. The first kappa shape index (κ1) is 34.6. The number of aliphatic carboxylic acids is 1. The molecular formula is C25H40N4O11. The molecular weight excluding hydrogens is 532 g/mol. The van der Waals surface area contributed by atoms with Gasteiger partial charge in [-0.25, -0.2) is 0 Å². The highest BCUT2D eigenvalue weighted by molar-refractivity contribution is 6.13. The van der Waals surface area contributed by atoms with E-state index in [1.807, 2.05) is 0 Å². The molecule has 226 valence electrons. The molecule has 4 N–H and O–H groups in total. The van der Waals surface area contributed by atoms with E-state index in [-0.39, 0.29) is 50.3 Å². The maximum Gasteiger partial charge on any atom is 0.322 e. The van der Waals surface area contributed by atoms with Crippen LogP contribution in [0.15, 0.2) is 12.2 Å². The Morgan fingerprint density at radius 3 is 1.82 bits per heavy atom. The van der Waals surface area contributed by atoms with Gasteiger partial charge in [0.15, 0.2) is 0 Å². The van der Waals surface area contributed by atoms with E-state index in [4.69, 9.17) is 24.1 Å². The number of nitrogens with zero attached hydrogens (tertiary/aromatic N) is 1. The number of carbonyl (C=O) groups excluding carboxylic acids is 5. The van der Waals surface area contributed by atoms with Gasteiger partial charge >= 0.3 is 5.97 Å². The van der Waals surface area contributed by atoms with E-state index in [2.05, 4.69) is 16.0 Å². The molecule has 15 nitrogen and oxygen atoms in total. The van der Waals surface area contributed by atoms with Crippen LogP contribution in [0, 0.1) is 5.92 Å². The summed E-state index contributed by atoms with van der Waals surface area (Å²) in [5.41, 5.74) is 0. The van der Waals surface area contributed by atoms with Crippen LogP contribution < -0.4 is 16.0 Å². The van der Waals surface area contributed by atoms with Gasteiger partial charge in [-0.1, -0.05) is 13.8 Å². The molecule has 1 rings (SSSR count). The largest absolute Gasteiger partial charge is 0.480 e. The average Bonchev–Trinajstić information content (AvgIpc) is 3.23. The minimum atomic E-state index is -1.17. The molecule has 1 atom stereocenters. The molecule has 0 aromatic rings. The van der Waals surface area contributed by atoms with Crippen LogP contribution in [0.3, 0.4) is 0 Å². The predicted octanol–water partition coefficient (Wildman–Crippen LogP) is -1.78. The third-order valence-corrected chi connectivity index (χ3v) is 5.30. The summed E-state index contributed by atoms with van der Waals surface area (Å²) in [4.78, 5) is 70.2. The molecule has 1 unspecified atom stereocenters. The maximum absolute atomic E-state index is 12.1. The summed E-state index contributed by atoms with van der Waals surface area (Å²) in [5.74, 6) is -3.44. The summed E-state index contributed by atoms with van der Waals surface area (Å²) < 4.78 is 21.4. The zero-order valence-corrected chi connectivity index (χ0v) is 23.0. The van der Waals surface area contributed by atoms with Crippen LogP contribution in [-0.2, 0) is 47.7 Å². The van der Waals surface area contributed by atoms with Crippen LogP contribution in [0.4, 0.5) is 0 Å². The van der Waals surface area contributed by atoms with E-state index in [9.17, 15) is 28.8 Å². The lowest BCUT2D eigenvalue weighted by Gasteiger charge is -2.21. The van der Waals surface area contributed by atoms with Gasteiger partial charge in [-0.2, -0.15) is 0 Å². The minimum Gasteiger partial charge on any atom is -0.480 e. The highest BCUT2D eigenvalue weighted by atomic mass is 16.6. The van der Waals surface area contributed by atoms with Crippen molar-refractivity contribution in [2.45, 2.75) is 32.7 Å². The molecule has 40 heavy (non-hydrogen) atoms. The zero-order chi connectivity index (χ0) is 29.8. The van der Waals surface area contributed by atoms with Crippen molar-refractivity contribution < 1.29 is 52.8 Å². The summed E-state index contributed by atoms with van der Waals surface area (Å²) in [6.07, 6.45) is 2.42. The first-order valence-corrected chi connectivity index (χ1v) is 13.0. The molecule has 0 aliphatic carbocycles. The standard InChI is InChI=1S/C25H40N4O11/c1-18(2)24(25(36)27-17-23(34)35)28-20(31)6-9-37-11-13-39-15-16-40-14-12-38-10-7-26-19(30)5-8-29-21(32)3-4-22(29)33/h3-4,18,24H,5-17H2,1-2H3,(H,26,30)(H,27,36)(H,28,31)(H,34,35). The van der Waals surface area contributed by atoms with Crippen molar-refractivity contribution in [1.29, 1.82) is 0 Å². The lowest BCUT2D eigenvalue weighted by Crippen LogP contribution is -2.50. The maximum atomic E-state index is 12.1. The van der Waals surface area contributed by atoms with E-state index in [0.717, 1.165) is 4.90 Å². The molecule has 15 heteroatoms. The lowest BCUT2D eigenvalue weighted by molar-refractivity contribution is -0.139. The van der Waals surface area contributed by atoms with Crippen LogP contribution in [0.1, 0.15) is 26.7 Å². The van der Waals surface area contributed by atoms with Gasteiger partial charge in [0.25, 0.3) is 11.8 Å². The molecule has 0 saturated heterocycles. The molecule has 1 aliphatic rings. The summed E-state index contributed by atoms with van der Waals surface area (Å²) in [6, 6.07) is -0.836. The Labute approximate surface area is 232 Å². The van der Waals surface area contributed by atoms with Crippen LogP contribution in [0.2, 0.25) is 0 Å². The van der Waals surface area contributed by atoms with Crippen molar-refractivity contribution in [3.63, 3.8) is 0 Å². The number of ether oxygens (including phenoxy) is 4. The predicted molar refractivity (Wildman–Crippen MR) is 139 cm³/mol. The summed E-state index contributed by atoms with van der Waals surface area (Å²) >= 11 is 0. The minimum absolute atomic E-state index is 0.0268. The summed E-state index contributed by atoms with van der Waals surface area (Å²) in [5, 5.41) is 16.1. The first-order valence-electron chi connectivity index (χ1n) is 13.0. The van der Waals surface area contributed by atoms with Crippen LogP contribution >= 0.6 is 0 Å². The van der Waals surface area contributed by atoms with Crippen LogP contribution in [0.25, 0.3) is 0 Å². The molecule has 5 amide bonds. The Morgan fingerprint density at radius 2 is 1.30 bits per heavy atom. The van der Waals surface area contributed by atoms with Crippen molar-refractivity contribution in [3.05, 3.63) is 12.2 Å². The monoisotopic (exact) mass is 572 g/mol. The summed E-state index contributed by atoms with van der Waals surface area (Å²) in [7, 11) is 0. The highest BCUT2D eigenvalue weighted by Crippen LogP contribution is 2.04. The molecule has 1 heterocycles. The Bertz CT molecular complexity index is 861. The molecule has 0 aromatic carbocycles. The SMILES string of the molecule is CC(C)C(NC(=O)CCOCCOCCOCCOCCNC(=O)CCN1C(=O)C=CC1=O)C(=O)NCC(=O)O. The molecule has 0 bridgehead atoms. The summed E-state index contributed by atoms with van der Waals surface area (Å²) in [6.45, 7) is 5.70. The number of hydrogen-bond donors (Lipinski definition) is 4. The highest BCUT2D eigenvalue weighted by Gasteiger charge is 2.24. The fraction of sp³-hybridized carbons (Fsp3) is 0.680. The Morgan fingerprint density at radius 1 is 0.775 bits per heavy atom. The van der Waals surface area contributed by atoms with Gasteiger partial charge in [-0.05, 0) is 5.92 Å². The van der Waals surface area contributed by atoms with Crippen molar-refractivity contribution in [2.24, 2.45) is 5.92 Å². The Balaban J connectivity index is 1.90. The van der Waals surface area contributed by atoms with Gasteiger partial charge < -0.3 is 40.0 Å². The number of nitrogens with one attached hydrogen (secondary N) is 3. The van der Waals surface area contributed by atoms with Gasteiger partial charge in [0.1, 0.15) is 12.6 Å². The number of carbonyl (C=O) groups is 6. The van der Waals surface area contributed by atoms with Gasteiger partial charge in [-0.15, -0.1) is 0 Å². The van der Waals surface area contributed by atoms with E-state index in [0.29, 0.717) is 46.2 Å². The van der Waals surface area contributed by atoms with E-state index >= 15 is 0 Å². The smallest absolute Gasteiger partial charge is 0.322 e. The number of imide groups is 1. The van der Waals surface area contributed by atoms with E-state index < -0.39 is 36.3 Å². The van der Waals surface area contributed by atoms with Crippen molar-refractivity contribution in [2.75, 3.05) is 72.5 Å². The van der Waals surface area contributed by atoms with E-state index in [1.165, 1.54) is 12.2 Å². The van der Waals surface area contributed by atoms with Gasteiger partial charge in [0, 0.05) is 38.1 Å². The second-order valence-electron chi connectivity index (χ2n) is 8.86. The van der Waals surface area contributed by atoms with Crippen LogP contribution in [-0.4, -0.2) is 124 Å². The van der Waals surface area contributed by atoms with Crippen molar-refractivity contribution >= 4 is 35.5 Å². The normalized spacial score (nSPS) is 13.5. The lowest BCUT2D eigenvalue weighted by atomic mass is 10.0. The number of carboxylic acid groups (broad SMARTS) is 1. The second-order valence-corrected chi connectivity index (χ2v) is 8.86.